The lowest BCUT2D eigenvalue weighted by atomic mass is 10.1. The molecule has 0 aliphatic heterocycles. The molecule has 0 saturated heterocycles. The van der Waals surface area contributed by atoms with Gasteiger partial charge in [0.15, 0.2) is 11.5 Å². The number of nitrogens with one attached hydrogen (secondary N) is 1. The van der Waals surface area contributed by atoms with Gasteiger partial charge < -0.3 is 14.8 Å². The third-order valence-corrected chi connectivity index (χ3v) is 5.24. The summed E-state index contributed by atoms with van der Waals surface area (Å²) >= 11 is 0. The fraction of sp³-hybridized carbons (Fsp3) is 0.222. The molecule has 0 aliphatic rings. The molecule has 2 aromatic heterocycles. The second kappa shape index (κ2) is 10.7. The SMILES string of the molecule is CCOc1ccccc1Oc1ccc(CNC(=O)c2cccc(Cn3nc(C)cc3C)c2)cn1. The summed E-state index contributed by atoms with van der Waals surface area (Å²) in [5, 5.41) is 7.45. The number of rotatable bonds is 9. The largest absolute Gasteiger partial charge is 0.490 e. The van der Waals surface area contributed by atoms with Gasteiger partial charge in [0.2, 0.25) is 5.88 Å². The van der Waals surface area contributed by atoms with Crippen molar-refractivity contribution in [3.05, 3.63) is 101 Å². The van der Waals surface area contributed by atoms with E-state index < -0.39 is 0 Å². The standard InChI is InChI=1S/C27H28N4O3/c1-4-33-24-10-5-6-11-25(24)34-26-13-12-22(16-28-26)17-29-27(32)23-9-7-8-21(15-23)18-31-20(3)14-19(2)30-31/h5-16H,4,17-18H2,1-3H3,(H,29,32). The number of hydrogen-bond acceptors (Lipinski definition) is 5. The van der Waals surface area contributed by atoms with Gasteiger partial charge in [-0.15, -0.1) is 0 Å². The molecule has 0 atom stereocenters. The van der Waals surface area contributed by atoms with Crippen LogP contribution in [0.25, 0.3) is 0 Å². The van der Waals surface area contributed by atoms with Crippen LogP contribution in [0.4, 0.5) is 0 Å². The molecule has 0 spiro atoms. The highest BCUT2D eigenvalue weighted by atomic mass is 16.5. The molecule has 0 aliphatic carbocycles. The summed E-state index contributed by atoms with van der Waals surface area (Å²) in [7, 11) is 0. The number of pyridine rings is 1. The van der Waals surface area contributed by atoms with Gasteiger partial charge in [-0.2, -0.15) is 5.10 Å². The molecule has 2 heterocycles. The van der Waals surface area contributed by atoms with Gasteiger partial charge in [0.05, 0.1) is 18.8 Å². The first-order valence-corrected chi connectivity index (χ1v) is 11.2. The Balaban J connectivity index is 1.35. The molecule has 0 saturated carbocycles. The highest BCUT2D eigenvalue weighted by molar-refractivity contribution is 5.94. The minimum absolute atomic E-state index is 0.138. The van der Waals surface area contributed by atoms with Crippen LogP contribution in [-0.2, 0) is 13.1 Å². The van der Waals surface area contributed by atoms with Crippen molar-refractivity contribution in [1.29, 1.82) is 0 Å². The van der Waals surface area contributed by atoms with Crippen LogP contribution >= 0.6 is 0 Å². The van der Waals surface area contributed by atoms with Gasteiger partial charge in [-0.3, -0.25) is 9.48 Å². The molecular weight excluding hydrogens is 428 g/mol. The van der Waals surface area contributed by atoms with E-state index in [1.807, 2.05) is 86.1 Å². The fourth-order valence-corrected chi connectivity index (χ4v) is 3.60. The first-order valence-electron chi connectivity index (χ1n) is 11.2. The van der Waals surface area contributed by atoms with Crippen LogP contribution in [0.1, 0.15) is 39.8 Å². The lowest BCUT2D eigenvalue weighted by Crippen LogP contribution is -2.23. The van der Waals surface area contributed by atoms with Gasteiger partial charge in [-0.05, 0) is 62.2 Å². The molecule has 0 bridgehead atoms. The van der Waals surface area contributed by atoms with Gasteiger partial charge in [0.1, 0.15) is 0 Å². The second-order valence-corrected chi connectivity index (χ2v) is 7.95. The zero-order chi connectivity index (χ0) is 23.9. The predicted molar refractivity (Wildman–Crippen MR) is 130 cm³/mol. The number of aryl methyl sites for hydroxylation is 2. The molecule has 34 heavy (non-hydrogen) atoms. The zero-order valence-electron chi connectivity index (χ0n) is 19.6. The molecule has 1 amide bonds. The first-order chi connectivity index (χ1) is 16.5. The van der Waals surface area contributed by atoms with Crippen molar-refractivity contribution in [1.82, 2.24) is 20.1 Å². The number of para-hydroxylation sites is 2. The Kier molecular flexibility index (Phi) is 7.22. The average Bonchev–Trinajstić information content (AvgIpc) is 3.16. The Bertz CT molecular complexity index is 1270. The molecule has 7 heteroatoms. The summed E-state index contributed by atoms with van der Waals surface area (Å²) in [6.45, 7) is 7.47. The van der Waals surface area contributed by atoms with Crippen LogP contribution < -0.4 is 14.8 Å². The van der Waals surface area contributed by atoms with Crippen LogP contribution in [0.2, 0.25) is 0 Å². The van der Waals surface area contributed by atoms with Gasteiger partial charge >= 0.3 is 0 Å². The Morgan fingerprint density at radius 1 is 0.971 bits per heavy atom. The van der Waals surface area contributed by atoms with E-state index in [-0.39, 0.29) is 5.91 Å². The molecule has 0 radical (unpaired) electrons. The second-order valence-electron chi connectivity index (χ2n) is 7.95. The number of hydrogen-bond donors (Lipinski definition) is 1. The van der Waals surface area contributed by atoms with E-state index in [9.17, 15) is 4.79 Å². The Morgan fingerprint density at radius 2 is 1.79 bits per heavy atom. The lowest BCUT2D eigenvalue weighted by molar-refractivity contribution is 0.0950. The van der Waals surface area contributed by atoms with E-state index in [0.717, 1.165) is 22.5 Å². The zero-order valence-corrected chi connectivity index (χ0v) is 19.6. The summed E-state index contributed by atoms with van der Waals surface area (Å²) in [6, 6.07) is 20.8. The molecular formula is C27H28N4O3. The van der Waals surface area contributed by atoms with Crippen molar-refractivity contribution < 1.29 is 14.3 Å². The normalized spacial score (nSPS) is 10.7. The van der Waals surface area contributed by atoms with E-state index in [0.29, 0.717) is 42.6 Å². The van der Waals surface area contributed by atoms with Crippen LogP contribution in [0.5, 0.6) is 17.4 Å². The monoisotopic (exact) mass is 456 g/mol. The van der Waals surface area contributed by atoms with Crippen LogP contribution in [0.3, 0.4) is 0 Å². The van der Waals surface area contributed by atoms with E-state index in [1.54, 1.807) is 12.3 Å². The molecule has 174 valence electrons. The Labute approximate surface area is 199 Å². The number of nitrogens with zero attached hydrogens (tertiary/aromatic N) is 3. The van der Waals surface area contributed by atoms with E-state index in [2.05, 4.69) is 15.4 Å². The first kappa shape index (κ1) is 23.0. The van der Waals surface area contributed by atoms with Crippen LogP contribution in [0.15, 0.2) is 72.9 Å². The highest BCUT2D eigenvalue weighted by Gasteiger charge is 2.09. The molecule has 0 fully saturated rings. The number of amides is 1. The van der Waals surface area contributed by atoms with Gasteiger partial charge in [0.25, 0.3) is 5.91 Å². The van der Waals surface area contributed by atoms with Crippen molar-refractivity contribution in [2.24, 2.45) is 0 Å². The topological polar surface area (TPSA) is 78.3 Å². The third-order valence-electron chi connectivity index (χ3n) is 5.24. The summed E-state index contributed by atoms with van der Waals surface area (Å²) in [5.41, 5.74) is 4.58. The van der Waals surface area contributed by atoms with Gasteiger partial charge in [-0.25, -0.2) is 4.98 Å². The van der Waals surface area contributed by atoms with E-state index in [4.69, 9.17) is 9.47 Å². The summed E-state index contributed by atoms with van der Waals surface area (Å²) < 4.78 is 13.4. The van der Waals surface area contributed by atoms with E-state index in [1.165, 1.54) is 0 Å². The maximum absolute atomic E-state index is 12.7. The maximum atomic E-state index is 12.7. The third kappa shape index (κ3) is 5.81. The quantitative estimate of drug-likeness (QED) is 0.381. The van der Waals surface area contributed by atoms with Gasteiger partial charge in [0, 0.05) is 30.1 Å². The van der Waals surface area contributed by atoms with Crippen molar-refractivity contribution in [2.45, 2.75) is 33.9 Å². The summed E-state index contributed by atoms with van der Waals surface area (Å²) in [5.74, 6) is 1.60. The van der Waals surface area contributed by atoms with Crippen molar-refractivity contribution in [2.75, 3.05) is 6.61 Å². The smallest absolute Gasteiger partial charge is 0.251 e. The fourth-order valence-electron chi connectivity index (χ4n) is 3.60. The molecule has 2 aromatic carbocycles. The van der Waals surface area contributed by atoms with Crippen molar-refractivity contribution >= 4 is 5.91 Å². The number of benzene rings is 2. The minimum Gasteiger partial charge on any atom is -0.490 e. The number of carbonyl (C=O) groups excluding carboxylic acids is 1. The van der Waals surface area contributed by atoms with Crippen molar-refractivity contribution in [3.63, 3.8) is 0 Å². The highest BCUT2D eigenvalue weighted by Crippen LogP contribution is 2.30. The lowest BCUT2D eigenvalue weighted by Gasteiger charge is -2.11. The predicted octanol–water partition coefficient (Wildman–Crippen LogP) is 5.06. The van der Waals surface area contributed by atoms with Gasteiger partial charge in [-0.1, -0.05) is 30.3 Å². The van der Waals surface area contributed by atoms with E-state index >= 15 is 0 Å². The van der Waals surface area contributed by atoms with Crippen LogP contribution in [0, 0.1) is 13.8 Å². The summed E-state index contributed by atoms with van der Waals surface area (Å²) in [4.78, 5) is 17.1. The molecule has 4 aromatic rings. The molecule has 0 unspecified atom stereocenters. The maximum Gasteiger partial charge on any atom is 0.251 e. The molecule has 7 nitrogen and oxygen atoms in total. The Hall–Kier alpha value is -4.13. The summed E-state index contributed by atoms with van der Waals surface area (Å²) in [6.07, 6.45) is 1.69. The number of ether oxygens (including phenoxy) is 2. The minimum atomic E-state index is -0.138. The molecule has 1 N–H and O–H groups in total. The molecule has 4 rings (SSSR count). The number of carbonyl (C=O) groups is 1. The van der Waals surface area contributed by atoms with Crippen LogP contribution in [-0.4, -0.2) is 27.3 Å². The average molecular weight is 457 g/mol. The Morgan fingerprint density at radius 3 is 2.50 bits per heavy atom. The van der Waals surface area contributed by atoms with Crippen molar-refractivity contribution in [3.8, 4) is 17.4 Å². The number of aromatic nitrogens is 3.